The lowest BCUT2D eigenvalue weighted by molar-refractivity contribution is -0.126. The predicted octanol–water partition coefficient (Wildman–Crippen LogP) is 3.51. The van der Waals surface area contributed by atoms with Crippen LogP contribution in [0.1, 0.15) is 25.0 Å². The van der Waals surface area contributed by atoms with Crippen LogP contribution in [0, 0.1) is 5.82 Å². The molecular weight excluding hydrogens is 359 g/mol. The first-order valence-corrected chi connectivity index (χ1v) is 8.19. The van der Waals surface area contributed by atoms with Crippen molar-refractivity contribution in [2.45, 2.75) is 31.8 Å². The summed E-state index contributed by atoms with van der Waals surface area (Å²) in [5.74, 6) is -0.540. The second-order valence-electron chi connectivity index (χ2n) is 5.90. The number of amides is 1. The highest BCUT2D eigenvalue weighted by molar-refractivity contribution is 9.10. The number of nitrogens with two attached hydrogens (primary N) is 1. The number of nitrogens with one attached hydrogen (secondary N) is 1. The second kappa shape index (κ2) is 7.23. The molecule has 122 valence electrons. The zero-order valence-electron chi connectivity index (χ0n) is 13.1. The summed E-state index contributed by atoms with van der Waals surface area (Å²) < 4.78 is 13.7. The molecule has 2 aromatic rings. The molecule has 0 aromatic heterocycles. The number of hydrogen-bond donors (Lipinski definition) is 2. The van der Waals surface area contributed by atoms with E-state index in [4.69, 9.17) is 5.73 Å². The summed E-state index contributed by atoms with van der Waals surface area (Å²) in [5.41, 5.74) is 6.79. The Kier molecular flexibility index (Phi) is 5.55. The van der Waals surface area contributed by atoms with Gasteiger partial charge in [0, 0.05) is 6.04 Å². The Morgan fingerprint density at radius 1 is 1.30 bits per heavy atom. The molecule has 2 rings (SSSR count). The van der Waals surface area contributed by atoms with E-state index in [1.807, 2.05) is 37.3 Å². The summed E-state index contributed by atoms with van der Waals surface area (Å²) in [6.07, 6.45) is 0.593. The Bertz CT molecular complexity index is 689. The zero-order chi connectivity index (χ0) is 17.0. The van der Waals surface area contributed by atoms with E-state index in [0.717, 1.165) is 11.1 Å². The number of halogens is 2. The summed E-state index contributed by atoms with van der Waals surface area (Å²) in [7, 11) is 0. The highest BCUT2D eigenvalue weighted by atomic mass is 79.9. The first kappa shape index (κ1) is 17.6. The first-order chi connectivity index (χ1) is 10.8. The molecule has 2 aromatic carbocycles. The number of rotatable bonds is 5. The van der Waals surface area contributed by atoms with Crippen molar-refractivity contribution in [2.75, 3.05) is 0 Å². The molecule has 0 saturated heterocycles. The highest BCUT2D eigenvalue weighted by Gasteiger charge is 2.31. The lowest BCUT2D eigenvalue weighted by atomic mass is 9.92. The van der Waals surface area contributed by atoms with Crippen LogP contribution in [0.3, 0.4) is 0 Å². The summed E-state index contributed by atoms with van der Waals surface area (Å²) in [4.78, 5) is 12.5. The minimum Gasteiger partial charge on any atom is -0.351 e. The van der Waals surface area contributed by atoms with Gasteiger partial charge in [0.1, 0.15) is 11.4 Å². The SMILES string of the molecule is CC(Cc1ccc(F)c(Br)c1)NC(=O)C(C)(N)c1ccccc1. The maximum atomic E-state index is 13.3. The van der Waals surface area contributed by atoms with E-state index in [9.17, 15) is 9.18 Å². The van der Waals surface area contributed by atoms with E-state index < -0.39 is 5.54 Å². The van der Waals surface area contributed by atoms with Crippen LogP contribution < -0.4 is 11.1 Å². The van der Waals surface area contributed by atoms with Gasteiger partial charge in [-0.15, -0.1) is 0 Å². The van der Waals surface area contributed by atoms with Crippen molar-refractivity contribution in [3.63, 3.8) is 0 Å². The van der Waals surface area contributed by atoms with Gasteiger partial charge in [-0.2, -0.15) is 0 Å². The van der Waals surface area contributed by atoms with Gasteiger partial charge in [0.05, 0.1) is 4.47 Å². The fourth-order valence-corrected chi connectivity index (χ4v) is 2.79. The van der Waals surface area contributed by atoms with Crippen molar-refractivity contribution in [3.05, 3.63) is 69.9 Å². The Balaban J connectivity index is 2.03. The quantitative estimate of drug-likeness (QED) is 0.836. The third-order valence-electron chi connectivity index (χ3n) is 3.75. The average Bonchev–Trinajstić information content (AvgIpc) is 2.51. The molecular formula is C18H20BrFN2O. The van der Waals surface area contributed by atoms with Gasteiger partial charge in [-0.3, -0.25) is 4.79 Å². The third kappa shape index (κ3) is 4.39. The Labute approximate surface area is 144 Å². The lowest BCUT2D eigenvalue weighted by Gasteiger charge is -2.26. The van der Waals surface area contributed by atoms with Crippen LogP contribution in [0.25, 0.3) is 0 Å². The van der Waals surface area contributed by atoms with Gasteiger partial charge >= 0.3 is 0 Å². The summed E-state index contributed by atoms with van der Waals surface area (Å²) in [6.45, 7) is 3.59. The van der Waals surface area contributed by atoms with Crippen molar-refractivity contribution < 1.29 is 9.18 Å². The largest absolute Gasteiger partial charge is 0.351 e. The predicted molar refractivity (Wildman–Crippen MR) is 93.4 cm³/mol. The average molecular weight is 379 g/mol. The van der Waals surface area contributed by atoms with E-state index in [0.29, 0.717) is 10.9 Å². The summed E-state index contributed by atoms with van der Waals surface area (Å²) >= 11 is 3.17. The molecule has 3 nitrogen and oxygen atoms in total. The Morgan fingerprint density at radius 2 is 1.96 bits per heavy atom. The fraction of sp³-hybridized carbons (Fsp3) is 0.278. The molecule has 0 fully saturated rings. The van der Waals surface area contributed by atoms with Crippen molar-refractivity contribution >= 4 is 21.8 Å². The monoisotopic (exact) mass is 378 g/mol. The molecule has 0 bridgehead atoms. The summed E-state index contributed by atoms with van der Waals surface area (Å²) in [5, 5.41) is 2.93. The van der Waals surface area contributed by atoms with Crippen LogP contribution in [-0.4, -0.2) is 11.9 Å². The minimum absolute atomic E-state index is 0.119. The highest BCUT2D eigenvalue weighted by Crippen LogP contribution is 2.19. The Morgan fingerprint density at radius 3 is 2.57 bits per heavy atom. The maximum Gasteiger partial charge on any atom is 0.244 e. The Hall–Kier alpha value is -1.72. The molecule has 0 spiro atoms. The van der Waals surface area contributed by atoms with Crippen LogP contribution >= 0.6 is 15.9 Å². The van der Waals surface area contributed by atoms with E-state index >= 15 is 0 Å². The first-order valence-electron chi connectivity index (χ1n) is 7.40. The van der Waals surface area contributed by atoms with Crippen LogP contribution in [0.15, 0.2) is 53.0 Å². The number of hydrogen-bond acceptors (Lipinski definition) is 2. The molecule has 1 amide bonds. The van der Waals surface area contributed by atoms with E-state index in [1.54, 1.807) is 19.1 Å². The molecule has 0 aliphatic heterocycles. The van der Waals surface area contributed by atoms with E-state index in [2.05, 4.69) is 21.2 Å². The second-order valence-corrected chi connectivity index (χ2v) is 6.75. The van der Waals surface area contributed by atoms with Gasteiger partial charge in [-0.25, -0.2) is 4.39 Å². The van der Waals surface area contributed by atoms with Crippen molar-refractivity contribution in [2.24, 2.45) is 5.73 Å². The van der Waals surface area contributed by atoms with Gasteiger partial charge in [-0.05, 0) is 59.5 Å². The third-order valence-corrected chi connectivity index (χ3v) is 4.36. The number of carbonyl (C=O) groups is 1. The molecule has 2 atom stereocenters. The van der Waals surface area contributed by atoms with Gasteiger partial charge in [-0.1, -0.05) is 36.4 Å². The van der Waals surface area contributed by atoms with E-state index in [-0.39, 0.29) is 17.8 Å². The van der Waals surface area contributed by atoms with Crippen molar-refractivity contribution in [1.29, 1.82) is 0 Å². The van der Waals surface area contributed by atoms with Crippen molar-refractivity contribution in [1.82, 2.24) is 5.32 Å². The van der Waals surface area contributed by atoms with Crippen LogP contribution in [0.2, 0.25) is 0 Å². The van der Waals surface area contributed by atoms with Gasteiger partial charge in [0.25, 0.3) is 0 Å². The molecule has 5 heteroatoms. The molecule has 0 aliphatic carbocycles. The normalized spacial score (nSPS) is 14.8. The van der Waals surface area contributed by atoms with Gasteiger partial charge in [0.15, 0.2) is 0 Å². The molecule has 0 saturated carbocycles. The van der Waals surface area contributed by atoms with Crippen LogP contribution in [-0.2, 0) is 16.8 Å². The number of benzene rings is 2. The molecule has 2 unspecified atom stereocenters. The number of carbonyl (C=O) groups excluding carboxylic acids is 1. The standard InChI is InChI=1S/C18H20BrFN2O/c1-12(10-13-8-9-16(20)15(19)11-13)22-17(23)18(2,21)14-6-4-3-5-7-14/h3-9,11-12H,10,21H2,1-2H3,(H,22,23). The molecule has 23 heavy (non-hydrogen) atoms. The maximum absolute atomic E-state index is 13.3. The molecule has 3 N–H and O–H groups in total. The van der Waals surface area contributed by atoms with Crippen LogP contribution in [0.5, 0.6) is 0 Å². The smallest absolute Gasteiger partial charge is 0.244 e. The summed E-state index contributed by atoms with van der Waals surface area (Å²) in [6, 6.07) is 14.0. The molecule has 0 radical (unpaired) electrons. The van der Waals surface area contributed by atoms with Crippen LogP contribution in [0.4, 0.5) is 4.39 Å². The minimum atomic E-state index is -1.10. The van der Waals surface area contributed by atoms with Gasteiger partial charge in [0.2, 0.25) is 5.91 Å². The van der Waals surface area contributed by atoms with E-state index in [1.165, 1.54) is 6.07 Å². The zero-order valence-corrected chi connectivity index (χ0v) is 14.7. The van der Waals surface area contributed by atoms with Gasteiger partial charge < -0.3 is 11.1 Å². The lowest BCUT2D eigenvalue weighted by Crippen LogP contribution is -2.51. The van der Waals surface area contributed by atoms with Crippen molar-refractivity contribution in [3.8, 4) is 0 Å². The molecule has 0 heterocycles. The molecule has 0 aliphatic rings. The fourth-order valence-electron chi connectivity index (χ4n) is 2.36. The topological polar surface area (TPSA) is 55.1 Å².